The highest BCUT2D eigenvalue weighted by Crippen LogP contribution is 2.17. The Morgan fingerprint density at radius 1 is 1.25 bits per heavy atom. The molecule has 0 aromatic heterocycles. The predicted octanol–water partition coefficient (Wildman–Crippen LogP) is 2.66. The molecule has 1 aromatic carbocycles. The molecule has 90 valence electrons. The molecule has 2 N–H and O–H groups in total. The van der Waals surface area contributed by atoms with Crippen molar-refractivity contribution in [2.45, 2.75) is 33.7 Å². The van der Waals surface area contributed by atoms with E-state index in [1.54, 1.807) is 0 Å². The van der Waals surface area contributed by atoms with Crippen molar-refractivity contribution in [1.82, 2.24) is 5.32 Å². The molecule has 16 heavy (non-hydrogen) atoms. The van der Waals surface area contributed by atoms with E-state index in [9.17, 15) is 5.11 Å². The Balaban J connectivity index is 2.53. The van der Waals surface area contributed by atoms with E-state index in [0.717, 1.165) is 6.54 Å². The van der Waals surface area contributed by atoms with Crippen LogP contribution in [-0.2, 0) is 0 Å². The molecule has 0 aliphatic carbocycles. The van der Waals surface area contributed by atoms with Crippen LogP contribution in [0.3, 0.4) is 0 Å². The van der Waals surface area contributed by atoms with Gasteiger partial charge in [-0.05, 0) is 19.4 Å². The van der Waals surface area contributed by atoms with Crippen LogP contribution in [-0.4, -0.2) is 18.3 Å². The molecule has 0 aliphatic heterocycles. The van der Waals surface area contributed by atoms with Crippen molar-refractivity contribution < 1.29 is 5.11 Å². The van der Waals surface area contributed by atoms with Gasteiger partial charge >= 0.3 is 0 Å². The maximum atomic E-state index is 9.17. The second-order valence-electron chi connectivity index (χ2n) is 5.34. The number of rotatable bonds is 5. The van der Waals surface area contributed by atoms with Crippen molar-refractivity contribution in [2.75, 3.05) is 13.2 Å². The molecular formula is C14H23NO. The second-order valence-corrected chi connectivity index (χ2v) is 5.34. The van der Waals surface area contributed by atoms with Crippen LogP contribution in [0.25, 0.3) is 0 Å². The minimum Gasteiger partial charge on any atom is -0.396 e. The number of aliphatic hydroxyl groups is 1. The zero-order chi connectivity index (χ0) is 12.2. The van der Waals surface area contributed by atoms with Crippen molar-refractivity contribution in [3.8, 4) is 0 Å². The van der Waals surface area contributed by atoms with Crippen LogP contribution in [0.4, 0.5) is 0 Å². The molecular weight excluding hydrogens is 198 g/mol. The van der Waals surface area contributed by atoms with Crippen molar-refractivity contribution in [3.63, 3.8) is 0 Å². The van der Waals surface area contributed by atoms with E-state index in [1.807, 2.05) is 0 Å². The van der Waals surface area contributed by atoms with Gasteiger partial charge in [0, 0.05) is 24.6 Å². The fourth-order valence-electron chi connectivity index (χ4n) is 1.46. The summed E-state index contributed by atoms with van der Waals surface area (Å²) < 4.78 is 0. The Morgan fingerprint density at radius 3 is 2.31 bits per heavy atom. The van der Waals surface area contributed by atoms with Crippen molar-refractivity contribution in [2.24, 2.45) is 5.41 Å². The largest absolute Gasteiger partial charge is 0.396 e. The Hall–Kier alpha value is -0.860. The van der Waals surface area contributed by atoms with Gasteiger partial charge in [-0.1, -0.05) is 43.7 Å². The number of benzene rings is 1. The highest BCUT2D eigenvalue weighted by Gasteiger charge is 2.17. The lowest BCUT2D eigenvalue weighted by atomic mass is 9.94. The summed E-state index contributed by atoms with van der Waals surface area (Å²) in [6.45, 7) is 9.39. The molecule has 0 spiro atoms. The maximum Gasteiger partial charge on any atom is 0.0494 e. The van der Waals surface area contributed by atoms with Crippen LogP contribution in [0.2, 0.25) is 0 Å². The summed E-state index contributed by atoms with van der Waals surface area (Å²) in [7, 11) is 0. The molecule has 2 heteroatoms. The third kappa shape index (κ3) is 3.95. The second kappa shape index (κ2) is 5.46. The first-order chi connectivity index (χ1) is 7.44. The number of hydrogen-bond donors (Lipinski definition) is 2. The molecule has 0 radical (unpaired) electrons. The van der Waals surface area contributed by atoms with Crippen LogP contribution >= 0.6 is 0 Å². The summed E-state index contributed by atoms with van der Waals surface area (Å²) >= 11 is 0. The molecule has 0 saturated carbocycles. The molecule has 0 bridgehead atoms. The monoisotopic (exact) mass is 221 g/mol. The first-order valence-corrected chi connectivity index (χ1v) is 5.85. The topological polar surface area (TPSA) is 32.3 Å². The quantitative estimate of drug-likeness (QED) is 0.801. The first-order valence-electron chi connectivity index (χ1n) is 5.85. The van der Waals surface area contributed by atoms with Crippen LogP contribution in [0, 0.1) is 12.3 Å². The summed E-state index contributed by atoms with van der Waals surface area (Å²) in [5.74, 6) is 0. The third-order valence-corrected chi connectivity index (χ3v) is 2.89. The summed E-state index contributed by atoms with van der Waals surface area (Å²) in [6.07, 6.45) is 0. The van der Waals surface area contributed by atoms with Crippen molar-refractivity contribution in [1.29, 1.82) is 0 Å². The fourth-order valence-corrected chi connectivity index (χ4v) is 1.46. The van der Waals surface area contributed by atoms with Gasteiger partial charge in [-0.2, -0.15) is 0 Å². The van der Waals surface area contributed by atoms with Crippen LogP contribution in [0.1, 0.15) is 37.9 Å². The third-order valence-electron chi connectivity index (χ3n) is 2.89. The summed E-state index contributed by atoms with van der Waals surface area (Å²) in [6, 6.07) is 8.89. The number of aryl methyl sites for hydroxylation is 1. The standard InChI is InChI=1S/C14H23NO/c1-11-5-7-13(8-6-11)12(2)15-9-14(3,4)10-16/h5-8,12,15-16H,9-10H2,1-4H3/t12-/m1/s1. The molecule has 0 heterocycles. The zero-order valence-corrected chi connectivity index (χ0v) is 10.7. The lowest BCUT2D eigenvalue weighted by Gasteiger charge is -2.25. The highest BCUT2D eigenvalue weighted by molar-refractivity contribution is 5.23. The number of aliphatic hydroxyl groups excluding tert-OH is 1. The molecule has 0 unspecified atom stereocenters. The predicted molar refractivity (Wildman–Crippen MR) is 68.5 cm³/mol. The fraction of sp³-hybridized carbons (Fsp3) is 0.571. The Bertz CT molecular complexity index is 316. The minimum absolute atomic E-state index is 0.0566. The minimum atomic E-state index is -0.0566. The summed E-state index contributed by atoms with van der Waals surface area (Å²) in [4.78, 5) is 0. The Morgan fingerprint density at radius 2 is 1.81 bits per heavy atom. The number of nitrogens with one attached hydrogen (secondary N) is 1. The zero-order valence-electron chi connectivity index (χ0n) is 10.7. The smallest absolute Gasteiger partial charge is 0.0494 e. The lowest BCUT2D eigenvalue weighted by Crippen LogP contribution is -2.33. The van der Waals surface area contributed by atoms with Crippen LogP contribution < -0.4 is 5.32 Å². The van der Waals surface area contributed by atoms with Gasteiger partial charge in [0.1, 0.15) is 0 Å². The van der Waals surface area contributed by atoms with E-state index in [-0.39, 0.29) is 12.0 Å². The van der Waals surface area contributed by atoms with Crippen molar-refractivity contribution >= 4 is 0 Å². The highest BCUT2D eigenvalue weighted by atomic mass is 16.3. The molecule has 0 aliphatic rings. The van der Waals surface area contributed by atoms with Gasteiger partial charge in [-0.3, -0.25) is 0 Å². The van der Waals surface area contributed by atoms with Gasteiger partial charge in [0.25, 0.3) is 0 Å². The van der Waals surface area contributed by atoms with E-state index in [1.165, 1.54) is 11.1 Å². The van der Waals surface area contributed by atoms with E-state index in [2.05, 4.69) is 57.3 Å². The van der Waals surface area contributed by atoms with Gasteiger partial charge in [0.2, 0.25) is 0 Å². The number of hydrogen-bond acceptors (Lipinski definition) is 2. The van der Waals surface area contributed by atoms with E-state index in [0.29, 0.717) is 6.04 Å². The Labute approximate surface area is 98.7 Å². The van der Waals surface area contributed by atoms with Gasteiger partial charge in [-0.25, -0.2) is 0 Å². The molecule has 0 saturated heterocycles. The molecule has 1 atom stereocenters. The van der Waals surface area contributed by atoms with Crippen LogP contribution in [0.15, 0.2) is 24.3 Å². The average molecular weight is 221 g/mol. The summed E-state index contributed by atoms with van der Waals surface area (Å²) in [5.41, 5.74) is 2.52. The van der Waals surface area contributed by atoms with Gasteiger partial charge in [0.15, 0.2) is 0 Å². The van der Waals surface area contributed by atoms with E-state index < -0.39 is 0 Å². The van der Waals surface area contributed by atoms with Crippen LogP contribution in [0.5, 0.6) is 0 Å². The molecule has 0 fully saturated rings. The lowest BCUT2D eigenvalue weighted by molar-refractivity contribution is 0.154. The van der Waals surface area contributed by atoms with E-state index >= 15 is 0 Å². The normalized spacial score (nSPS) is 13.8. The van der Waals surface area contributed by atoms with Gasteiger partial charge < -0.3 is 10.4 Å². The molecule has 1 rings (SSSR count). The maximum absolute atomic E-state index is 9.17. The van der Waals surface area contributed by atoms with Crippen molar-refractivity contribution in [3.05, 3.63) is 35.4 Å². The van der Waals surface area contributed by atoms with Gasteiger partial charge in [0.05, 0.1) is 0 Å². The summed E-state index contributed by atoms with van der Waals surface area (Å²) in [5, 5.41) is 12.6. The first kappa shape index (κ1) is 13.2. The van der Waals surface area contributed by atoms with E-state index in [4.69, 9.17) is 0 Å². The molecule has 0 amide bonds. The molecule has 2 nitrogen and oxygen atoms in total. The molecule has 1 aromatic rings. The SMILES string of the molecule is Cc1ccc([C@@H](C)NCC(C)(C)CO)cc1. The van der Waals surface area contributed by atoms with Gasteiger partial charge in [-0.15, -0.1) is 0 Å². The Kier molecular flexibility index (Phi) is 4.51. The average Bonchev–Trinajstić information content (AvgIpc) is 2.27.